The number of epoxide rings is 4. The number of rotatable bonds is 32. The minimum Gasteiger partial charge on any atom is -0.491 e. The molecule has 0 saturated carbocycles. The molecule has 0 amide bonds. The molecule has 0 bridgehead atoms. The SMILES string of the molecule is CC(C)(c1cc(Br)c(OCC(O)COc2c(Br)cc(C(C)(C)c3cc(Br)c(OCC4CO4)c(Br)c3)cc2Br)c(Br)c1)c1cc(Br)c(OCC2CO2)c(Br)c1.CC(C)(c1ccc(OCC(O)COc2ccc(C(C)(C)c3ccc(OCC4CO4)cc3)cc2)cc1)c1ccc(OCC2CO2)cc1. The third kappa shape index (κ3) is 20.2. The van der Waals surface area contributed by atoms with Gasteiger partial charge >= 0.3 is 0 Å². The van der Waals surface area contributed by atoms with E-state index in [4.69, 9.17) is 56.8 Å². The molecule has 2 N–H and O–H groups in total. The van der Waals surface area contributed by atoms with Crippen molar-refractivity contribution in [3.63, 3.8) is 0 Å². The molecule has 14 nitrogen and oxygen atoms in total. The summed E-state index contributed by atoms with van der Waals surface area (Å²) in [5.41, 5.74) is 7.89. The van der Waals surface area contributed by atoms with Crippen LogP contribution < -0.4 is 37.9 Å². The zero-order valence-corrected chi connectivity index (χ0v) is 69.3. The van der Waals surface area contributed by atoms with E-state index in [1.807, 2.05) is 72.8 Å². The lowest BCUT2D eigenvalue weighted by Crippen LogP contribution is -2.26. The van der Waals surface area contributed by atoms with Crippen LogP contribution in [0.4, 0.5) is 0 Å². The maximum absolute atomic E-state index is 10.9. The van der Waals surface area contributed by atoms with E-state index in [0.717, 1.165) is 107 Å². The Hall–Kier alpha value is -4.24. The van der Waals surface area contributed by atoms with Gasteiger partial charge in [0, 0.05) is 21.7 Å². The van der Waals surface area contributed by atoms with E-state index in [-0.39, 0.29) is 72.5 Å². The normalized spacial score (nSPS) is 17.6. The molecule has 532 valence electrons. The van der Waals surface area contributed by atoms with Crippen molar-refractivity contribution in [3.8, 4) is 46.0 Å². The molecule has 0 radical (unpaired) electrons. The predicted molar refractivity (Wildman–Crippen MR) is 417 cm³/mol. The van der Waals surface area contributed by atoms with Crippen molar-refractivity contribution in [2.75, 3.05) is 79.3 Å². The van der Waals surface area contributed by atoms with Crippen LogP contribution in [0, 0.1) is 0 Å². The molecule has 8 aromatic carbocycles. The Bertz CT molecular complexity index is 3750. The smallest absolute Gasteiger partial charge is 0.147 e. The summed E-state index contributed by atoms with van der Waals surface area (Å²) in [6.07, 6.45) is -0.860. The second-order valence-electron chi connectivity index (χ2n) is 27.3. The number of aliphatic hydroxyl groups is 2. The fourth-order valence-electron chi connectivity index (χ4n) is 11.0. The summed E-state index contributed by atoms with van der Waals surface area (Å²) in [5, 5.41) is 21.5. The van der Waals surface area contributed by atoms with Crippen LogP contribution in [0.5, 0.6) is 46.0 Å². The quantitative estimate of drug-likeness (QED) is 0.0383. The molecule has 0 aliphatic carbocycles. The summed E-state index contributed by atoms with van der Waals surface area (Å²) < 4.78 is 75.0. The first-order valence-corrected chi connectivity index (χ1v) is 39.2. The van der Waals surface area contributed by atoms with Gasteiger partial charge in [0.05, 0.1) is 62.2 Å². The van der Waals surface area contributed by atoms with Crippen LogP contribution in [-0.4, -0.2) is 126 Å². The van der Waals surface area contributed by atoms with E-state index in [0.29, 0.717) is 49.4 Å². The first-order valence-electron chi connectivity index (χ1n) is 32.9. The molecule has 4 atom stereocenters. The van der Waals surface area contributed by atoms with Gasteiger partial charge in [-0.05, 0) is 269 Å². The van der Waals surface area contributed by atoms with E-state index < -0.39 is 12.2 Å². The number of benzene rings is 8. The van der Waals surface area contributed by atoms with Crippen LogP contribution in [0.25, 0.3) is 0 Å². The maximum Gasteiger partial charge on any atom is 0.147 e. The second kappa shape index (κ2) is 33.5. The molecular weight excluding hydrogens is 1800 g/mol. The highest BCUT2D eigenvalue weighted by Crippen LogP contribution is 2.47. The van der Waals surface area contributed by atoms with Gasteiger partial charge in [0.1, 0.15) is 135 Å². The Kier molecular flexibility index (Phi) is 25.7. The van der Waals surface area contributed by atoms with E-state index in [2.05, 4.69) is 256 Å². The van der Waals surface area contributed by atoms with Crippen molar-refractivity contribution in [1.29, 1.82) is 0 Å². The van der Waals surface area contributed by atoms with Crippen molar-refractivity contribution in [2.45, 2.75) is 114 Å². The third-order valence-electron chi connectivity index (χ3n) is 18.2. The molecule has 4 unspecified atom stereocenters. The highest BCUT2D eigenvalue weighted by molar-refractivity contribution is 9.12. The Balaban J connectivity index is 0.000000204. The van der Waals surface area contributed by atoms with Gasteiger partial charge in [0.25, 0.3) is 0 Å². The summed E-state index contributed by atoms with van der Waals surface area (Å²) in [4.78, 5) is 0. The molecule has 12 rings (SSSR count). The molecule has 4 saturated heterocycles. The summed E-state index contributed by atoms with van der Waals surface area (Å²) in [5.74, 6) is 5.80. The molecule has 4 aliphatic heterocycles. The Morgan fingerprint density at radius 3 is 0.690 bits per heavy atom. The van der Waals surface area contributed by atoms with Crippen LogP contribution in [0.3, 0.4) is 0 Å². The largest absolute Gasteiger partial charge is 0.491 e. The minimum absolute atomic E-state index is 0.0185. The first kappa shape index (κ1) is 76.9. The second-order valence-corrected chi connectivity index (χ2v) is 34.1. The molecule has 4 aliphatic rings. The number of ether oxygens (including phenoxy) is 12. The third-order valence-corrected chi connectivity index (χ3v) is 22.9. The van der Waals surface area contributed by atoms with Crippen LogP contribution in [0.15, 0.2) is 181 Å². The fraction of sp³-hybridized carbons (Fsp3) is 0.385. The standard InChI is InChI=1S/C39H36Br8O7.C39H44O7/c1-38(2,21-9-30(44)36(31(45)10-21)53-17-24-15-49-24)19-5-26(40)34(27(41)6-19)51-13-23(48)14-52-35-28(42)7-20(8-29(35)43)39(3,4)22-11-32(46)37(33(47)12-22)54-18-25-16-50-25;1-38(2,29-9-17-34(18-10-29)43-23-36-25-45-36)27-5-13-32(14-6-27)41-21-31(40)22-42-33-15-7-28(8-16-33)39(3,4)30-11-19-35(20-12-30)44-24-37-26-46-37/h5-12,23-25,48H,13-18H2,1-4H3;5-20,31,36-37,40H,21-26H2,1-4H3. The van der Waals surface area contributed by atoms with E-state index in [9.17, 15) is 10.2 Å². The maximum atomic E-state index is 10.9. The lowest BCUT2D eigenvalue weighted by atomic mass is 9.78. The Morgan fingerprint density at radius 1 is 0.290 bits per heavy atom. The average Bonchev–Trinajstić information content (AvgIpc) is 1.66. The summed E-state index contributed by atoms with van der Waals surface area (Å²) >= 11 is 29.6. The van der Waals surface area contributed by atoms with Gasteiger partial charge < -0.3 is 67.1 Å². The molecular formula is C78H80Br8O14. The first-order chi connectivity index (χ1) is 47.6. The van der Waals surface area contributed by atoms with Crippen molar-refractivity contribution in [1.82, 2.24) is 0 Å². The molecule has 8 aromatic rings. The molecule has 100 heavy (non-hydrogen) atoms. The van der Waals surface area contributed by atoms with Crippen LogP contribution in [-0.2, 0) is 40.6 Å². The number of hydrogen-bond acceptors (Lipinski definition) is 14. The molecule has 4 fully saturated rings. The van der Waals surface area contributed by atoms with Gasteiger partial charge in [0.15, 0.2) is 0 Å². The zero-order chi connectivity index (χ0) is 71.3. The zero-order valence-electron chi connectivity index (χ0n) is 56.6. The topological polar surface area (TPSA) is 164 Å². The highest BCUT2D eigenvalue weighted by Gasteiger charge is 2.33. The summed E-state index contributed by atoms with van der Waals surface area (Å²) in [6.45, 7) is 23.0. The van der Waals surface area contributed by atoms with Crippen molar-refractivity contribution in [2.24, 2.45) is 0 Å². The Morgan fingerprint density at radius 2 is 0.470 bits per heavy atom. The molecule has 22 heteroatoms. The van der Waals surface area contributed by atoms with Gasteiger partial charge in [-0.3, -0.25) is 0 Å². The van der Waals surface area contributed by atoms with Crippen LogP contribution >= 0.6 is 127 Å². The Labute approximate surface area is 653 Å². The van der Waals surface area contributed by atoms with Crippen LogP contribution in [0.1, 0.15) is 99.9 Å². The highest BCUT2D eigenvalue weighted by atomic mass is 79.9. The van der Waals surface area contributed by atoms with Gasteiger partial charge in [-0.25, -0.2) is 0 Å². The molecule has 4 heterocycles. The van der Waals surface area contributed by atoms with E-state index >= 15 is 0 Å². The number of hydrogen-bond donors (Lipinski definition) is 2. The van der Waals surface area contributed by atoms with Crippen molar-refractivity contribution >= 4 is 127 Å². The fourth-order valence-corrected chi connectivity index (χ4v) is 16.7. The van der Waals surface area contributed by atoms with E-state index in [1.165, 1.54) is 22.3 Å². The van der Waals surface area contributed by atoms with Gasteiger partial charge in [-0.15, -0.1) is 0 Å². The van der Waals surface area contributed by atoms with Gasteiger partial charge in [-0.2, -0.15) is 0 Å². The van der Waals surface area contributed by atoms with Gasteiger partial charge in [0.2, 0.25) is 0 Å². The monoisotopic (exact) mass is 1870 g/mol. The number of halogens is 8. The minimum atomic E-state index is -0.904. The molecule has 0 aromatic heterocycles. The summed E-state index contributed by atoms with van der Waals surface area (Å²) in [7, 11) is 0. The van der Waals surface area contributed by atoms with Crippen molar-refractivity contribution in [3.05, 3.63) is 226 Å². The van der Waals surface area contributed by atoms with Gasteiger partial charge in [-0.1, -0.05) is 104 Å². The predicted octanol–water partition coefficient (Wildman–Crippen LogP) is 19.5. The lowest BCUT2D eigenvalue weighted by molar-refractivity contribution is 0.0615. The number of aliphatic hydroxyl groups excluding tert-OH is 2. The summed E-state index contributed by atoms with van der Waals surface area (Å²) in [6, 6.07) is 49.1. The lowest BCUT2D eigenvalue weighted by Gasteiger charge is -2.29. The average molecular weight is 1880 g/mol. The molecule has 0 spiro atoms. The van der Waals surface area contributed by atoms with E-state index in [1.54, 1.807) is 0 Å². The van der Waals surface area contributed by atoms with Crippen molar-refractivity contribution < 1.29 is 67.1 Å². The van der Waals surface area contributed by atoms with Crippen LogP contribution in [0.2, 0.25) is 0 Å².